The highest BCUT2D eigenvalue weighted by molar-refractivity contribution is 5.98. The van der Waals surface area contributed by atoms with Gasteiger partial charge in [0, 0.05) is 44.2 Å². The first-order chi connectivity index (χ1) is 16.5. The lowest BCUT2D eigenvalue weighted by atomic mass is 9.93. The van der Waals surface area contributed by atoms with Crippen LogP contribution >= 0.6 is 0 Å². The van der Waals surface area contributed by atoms with Crippen molar-refractivity contribution in [3.8, 4) is 12.1 Å². The summed E-state index contributed by atoms with van der Waals surface area (Å²) in [6.07, 6.45) is -0.139. The van der Waals surface area contributed by atoms with Crippen LogP contribution in [0.3, 0.4) is 0 Å². The maximum atomic E-state index is 12.9. The minimum absolute atomic E-state index is 0.00786. The largest absolute Gasteiger partial charge is 0.444 e. The van der Waals surface area contributed by atoms with Crippen LogP contribution in [0.15, 0.2) is 36.4 Å². The van der Waals surface area contributed by atoms with Crippen LogP contribution in [0.25, 0.3) is 0 Å². The Labute approximate surface area is 207 Å². The second-order valence-electron chi connectivity index (χ2n) is 10.1. The van der Waals surface area contributed by atoms with Crippen molar-refractivity contribution in [1.82, 2.24) is 9.80 Å². The van der Waals surface area contributed by atoms with Gasteiger partial charge in [-0.3, -0.25) is 9.69 Å². The molecule has 7 nitrogen and oxygen atoms in total. The third kappa shape index (κ3) is 6.68. The first-order valence-electron chi connectivity index (χ1n) is 11.8. The minimum atomic E-state index is -0.535. The lowest BCUT2D eigenvalue weighted by Gasteiger charge is -2.40. The van der Waals surface area contributed by atoms with E-state index in [1.807, 2.05) is 40.7 Å². The topological polar surface area (TPSA) is 97.4 Å². The molecule has 2 aromatic carbocycles. The summed E-state index contributed by atoms with van der Waals surface area (Å²) in [6.45, 7) is 12.1. The molecule has 182 valence electrons. The van der Waals surface area contributed by atoms with Crippen LogP contribution in [0.2, 0.25) is 0 Å². The number of benzene rings is 2. The fourth-order valence-electron chi connectivity index (χ4n) is 4.30. The molecule has 2 aromatic rings. The Morgan fingerprint density at radius 1 is 1.06 bits per heavy atom. The smallest absolute Gasteiger partial charge is 0.410 e. The van der Waals surface area contributed by atoms with E-state index in [-0.39, 0.29) is 24.3 Å². The van der Waals surface area contributed by atoms with Crippen LogP contribution in [0.1, 0.15) is 65.9 Å². The molecule has 1 amide bonds. The number of rotatable bonds is 5. The van der Waals surface area contributed by atoms with E-state index in [4.69, 9.17) is 10.00 Å². The van der Waals surface area contributed by atoms with Gasteiger partial charge in [-0.1, -0.05) is 12.1 Å². The van der Waals surface area contributed by atoms with E-state index in [1.54, 1.807) is 35.2 Å². The summed E-state index contributed by atoms with van der Waals surface area (Å²) >= 11 is 0. The van der Waals surface area contributed by atoms with E-state index in [9.17, 15) is 14.9 Å². The molecular weight excluding hydrogens is 440 g/mol. The van der Waals surface area contributed by atoms with Crippen molar-refractivity contribution in [2.75, 3.05) is 19.6 Å². The number of amides is 1. The molecule has 35 heavy (non-hydrogen) atoms. The van der Waals surface area contributed by atoms with Gasteiger partial charge in [0.25, 0.3) is 0 Å². The van der Waals surface area contributed by atoms with Gasteiger partial charge in [-0.2, -0.15) is 10.5 Å². The van der Waals surface area contributed by atoms with Gasteiger partial charge in [-0.05, 0) is 75.6 Å². The second-order valence-corrected chi connectivity index (χ2v) is 10.1. The standard InChI is InChI=1S/C28H32N4O3/c1-19-17-31(9-10-32(19)27(34)35-28(3,4)5)18-25-13-22(16-30)12-24(20(25)2)14-26(33)23-8-6-7-21(11-23)15-29/h6-8,11-13,19H,9-10,14,17-18H2,1-5H3/t19-/m0/s1. The van der Waals surface area contributed by atoms with Gasteiger partial charge < -0.3 is 9.64 Å². The highest BCUT2D eigenvalue weighted by Crippen LogP contribution is 2.23. The van der Waals surface area contributed by atoms with E-state index in [0.717, 1.165) is 16.7 Å². The zero-order chi connectivity index (χ0) is 25.8. The molecule has 1 atom stereocenters. The van der Waals surface area contributed by atoms with Gasteiger partial charge in [0.05, 0.1) is 23.3 Å². The summed E-state index contributed by atoms with van der Waals surface area (Å²) in [5.74, 6) is -0.0918. The molecule has 0 N–H and O–H groups in total. The summed E-state index contributed by atoms with van der Waals surface area (Å²) < 4.78 is 5.54. The van der Waals surface area contributed by atoms with E-state index in [2.05, 4.69) is 17.0 Å². The Balaban J connectivity index is 1.75. The van der Waals surface area contributed by atoms with Crippen LogP contribution in [0.4, 0.5) is 4.79 Å². The summed E-state index contributed by atoms with van der Waals surface area (Å²) in [6, 6.07) is 14.6. The highest BCUT2D eigenvalue weighted by atomic mass is 16.6. The molecule has 1 saturated heterocycles. The Morgan fingerprint density at radius 2 is 1.74 bits per heavy atom. The van der Waals surface area contributed by atoms with E-state index in [0.29, 0.717) is 42.9 Å². The monoisotopic (exact) mass is 472 g/mol. The number of Topliss-reactive ketones (excluding diaryl/α,β-unsaturated/α-hetero) is 1. The predicted octanol–water partition coefficient (Wildman–Crippen LogP) is 4.60. The minimum Gasteiger partial charge on any atom is -0.444 e. The number of hydrogen-bond donors (Lipinski definition) is 0. The number of nitrogens with zero attached hydrogens (tertiary/aromatic N) is 4. The normalized spacial score (nSPS) is 16.3. The van der Waals surface area contributed by atoms with E-state index < -0.39 is 5.60 Å². The average Bonchev–Trinajstić information content (AvgIpc) is 2.80. The van der Waals surface area contributed by atoms with Gasteiger partial charge in [0.2, 0.25) is 0 Å². The van der Waals surface area contributed by atoms with E-state index in [1.165, 1.54) is 0 Å². The summed E-state index contributed by atoms with van der Waals surface area (Å²) in [5.41, 5.74) is 3.70. The Hall–Kier alpha value is -3.68. The zero-order valence-corrected chi connectivity index (χ0v) is 21.1. The van der Waals surface area contributed by atoms with E-state index >= 15 is 0 Å². The van der Waals surface area contributed by atoms with Crippen LogP contribution < -0.4 is 0 Å². The van der Waals surface area contributed by atoms with Crippen molar-refractivity contribution in [3.63, 3.8) is 0 Å². The summed E-state index contributed by atoms with van der Waals surface area (Å²) in [4.78, 5) is 29.5. The van der Waals surface area contributed by atoms with Crippen molar-refractivity contribution in [3.05, 3.63) is 69.8 Å². The molecule has 0 radical (unpaired) electrons. The Morgan fingerprint density at radius 3 is 2.37 bits per heavy atom. The van der Waals surface area contributed by atoms with Crippen LogP contribution in [0, 0.1) is 29.6 Å². The lowest BCUT2D eigenvalue weighted by Crippen LogP contribution is -2.54. The number of nitriles is 2. The maximum Gasteiger partial charge on any atom is 0.410 e. The average molecular weight is 473 g/mol. The maximum absolute atomic E-state index is 12.9. The van der Waals surface area contributed by atoms with Crippen molar-refractivity contribution in [1.29, 1.82) is 10.5 Å². The quantitative estimate of drug-likeness (QED) is 0.590. The number of carbonyl (C=O) groups is 2. The number of ketones is 1. The molecule has 0 aromatic heterocycles. The highest BCUT2D eigenvalue weighted by Gasteiger charge is 2.31. The van der Waals surface area contributed by atoms with Crippen molar-refractivity contribution in [2.45, 2.75) is 59.2 Å². The fourth-order valence-corrected chi connectivity index (χ4v) is 4.30. The zero-order valence-electron chi connectivity index (χ0n) is 21.1. The van der Waals surface area contributed by atoms with Crippen LogP contribution in [-0.2, 0) is 17.7 Å². The predicted molar refractivity (Wildman–Crippen MR) is 133 cm³/mol. The molecule has 1 heterocycles. The molecule has 0 spiro atoms. The van der Waals surface area contributed by atoms with Gasteiger partial charge >= 0.3 is 6.09 Å². The third-order valence-electron chi connectivity index (χ3n) is 6.15. The van der Waals surface area contributed by atoms with Gasteiger partial charge in [0.1, 0.15) is 5.60 Å². The molecule has 1 aliphatic heterocycles. The molecule has 3 rings (SSSR count). The van der Waals surface area contributed by atoms with Gasteiger partial charge in [-0.25, -0.2) is 4.79 Å². The fraction of sp³-hybridized carbons (Fsp3) is 0.429. The molecule has 0 unspecified atom stereocenters. The summed E-state index contributed by atoms with van der Waals surface area (Å²) in [5, 5.41) is 18.7. The van der Waals surface area contributed by atoms with Crippen molar-refractivity contribution >= 4 is 11.9 Å². The molecule has 1 fully saturated rings. The van der Waals surface area contributed by atoms with Crippen molar-refractivity contribution < 1.29 is 14.3 Å². The Kier molecular flexibility index (Phi) is 7.94. The van der Waals surface area contributed by atoms with Crippen LogP contribution in [-0.4, -0.2) is 53.0 Å². The molecular formula is C28H32N4O3. The molecule has 1 aliphatic rings. The summed E-state index contributed by atoms with van der Waals surface area (Å²) in [7, 11) is 0. The number of hydrogen-bond acceptors (Lipinski definition) is 6. The third-order valence-corrected chi connectivity index (χ3v) is 6.15. The molecule has 0 saturated carbocycles. The van der Waals surface area contributed by atoms with Crippen LogP contribution in [0.5, 0.6) is 0 Å². The second kappa shape index (κ2) is 10.7. The van der Waals surface area contributed by atoms with Gasteiger partial charge in [0.15, 0.2) is 5.78 Å². The molecule has 0 bridgehead atoms. The van der Waals surface area contributed by atoms with Gasteiger partial charge in [-0.15, -0.1) is 0 Å². The lowest BCUT2D eigenvalue weighted by molar-refractivity contribution is 0.000530. The first kappa shape index (κ1) is 25.9. The molecule has 7 heteroatoms. The number of piperazine rings is 1. The number of ether oxygens (including phenoxy) is 1. The Bertz CT molecular complexity index is 1200. The first-order valence-corrected chi connectivity index (χ1v) is 11.8. The van der Waals surface area contributed by atoms with Crippen molar-refractivity contribution in [2.24, 2.45) is 0 Å². The number of carbonyl (C=O) groups excluding carboxylic acids is 2. The SMILES string of the molecule is Cc1c(CC(=O)c2cccc(C#N)c2)cc(C#N)cc1CN1CCN(C(=O)OC(C)(C)C)[C@@H](C)C1. The molecule has 0 aliphatic carbocycles.